The third kappa shape index (κ3) is 18.2. The number of carbonyl (C=O) groups excluding carboxylic acids is 1. The van der Waals surface area contributed by atoms with Gasteiger partial charge in [0.25, 0.3) is 0 Å². The zero-order chi connectivity index (χ0) is 15.6. The lowest BCUT2D eigenvalue weighted by Gasteiger charge is -1.95. The van der Waals surface area contributed by atoms with E-state index in [4.69, 9.17) is 4.74 Å². The molecule has 0 saturated carbocycles. The first kappa shape index (κ1) is 19.2. The molecule has 0 heterocycles. The summed E-state index contributed by atoms with van der Waals surface area (Å²) in [5.41, 5.74) is 0. The average molecular weight is 288 g/mol. The van der Waals surface area contributed by atoms with Crippen LogP contribution in [0, 0.1) is 11.8 Å². The minimum Gasteiger partial charge on any atom is -0.462 e. The lowest BCUT2D eigenvalue weighted by molar-refractivity contribution is -0.139. The highest BCUT2D eigenvalue weighted by atomic mass is 16.5. The predicted octanol–water partition coefficient (Wildman–Crippen LogP) is 4.97. The molecule has 0 aliphatic carbocycles. The quantitative estimate of drug-likeness (QED) is 0.186. The number of hydrogen-bond donors (Lipinski definition) is 0. The Balaban J connectivity index is 3.49. The normalized spacial score (nSPS) is 11.1. The van der Waals surface area contributed by atoms with Crippen molar-refractivity contribution in [3.63, 3.8) is 0 Å². The summed E-state index contributed by atoms with van der Waals surface area (Å²) in [7, 11) is 0. The van der Waals surface area contributed by atoms with Crippen molar-refractivity contribution in [3.05, 3.63) is 36.5 Å². The molecule has 0 bridgehead atoms. The van der Waals surface area contributed by atoms with Gasteiger partial charge in [0.2, 0.25) is 0 Å². The second kappa shape index (κ2) is 16.3. The van der Waals surface area contributed by atoms with Crippen LogP contribution in [-0.2, 0) is 9.53 Å². The molecule has 0 atom stereocenters. The van der Waals surface area contributed by atoms with Gasteiger partial charge in [-0.1, -0.05) is 68.8 Å². The van der Waals surface area contributed by atoms with E-state index in [-0.39, 0.29) is 5.97 Å². The second-order valence-electron chi connectivity index (χ2n) is 4.79. The highest BCUT2D eigenvalue weighted by molar-refractivity contribution is 5.65. The first-order chi connectivity index (χ1) is 10.3. The molecule has 0 aliphatic rings. The van der Waals surface area contributed by atoms with Gasteiger partial charge in [0.15, 0.2) is 0 Å². The summed E-state index contributed by atoms with van der Waals surface area (Å²) in [5, 5.41) is 0. The molecule has 116 valence electrons. The Morgan fingerprint density at radius 3 is 2.62 bits per heavy atom. The van der Waals surface area contributed by atoms with Crippen molar-refractivity contribution in [2.75, 3.05) is 6.61 Å². The second-order valence-corrected chi connectivity index (χ2v) is 4.79. The topological polar surface area (TPSA) is 26.3 Å². The monoisotopic (exact) mass is 288 g/mol. The Kier molecular flexibility index (Phi) is 14.9. The first-order valence-corrected chi connectivity index (χ1v) is 7.85. The van der Waals surface area contributed by atoms with Gasteiger partial charge in [-0.3, -0.25) is 4.79 Å². The van der Waals surface area contributed by atoms with Crippen molar-refractivity contribution in [1.82, 2.24) is 0 Å². The molecule has 0 amide bonds. The summed E-state index contributed by atoms with van der Waals surface area (Å²) in [6.07, 6.45) is 20.2. The van der Waals surface area contributed by atoms with Crippen molar-refractivity contribution in [1.29, 1.82) is 0 Å². The maximum Gasteiger partial charge on any atom is 0.302 e. The fourth-order valence-electron chi connectivity index (χ4n) is 1.65. The van der Waals surface area contributed by atoms with Gasteiger partial charge in [-0.05, 0) is 25.0 Å². The van der Waals surface area contributed by atoms with E-state index in [0.717, 1.165) is 6.42 Å². The van der Waals surface area contributed by atoms with Gasteiger partial charge in [0.05, 0.1) is 0 Å². The Hall–Kier alpha value is -1.75. The molecule has 0 rings (SSSR count). The van der Waals surface area contributed by atoms with E-state index in [1.165, 1.54) is 45.4 Å². The largest absolute Gasteiger partial charge is 0.462 e. The van der Waals surface area contributed by atoms with E-state index in [1.807, 2.05) is 12.2 Å². The van der Waals surface area contributed by atoms with E-state index >= 15 is 0 Å². The van der Waals surface area contributed by atoms with Gasteiger partial charge >= 0.3 is 5.97 Å². The summed E-state index contributed by atoms with van der Waals surface area (Å²) in [6.45, 7) is 3.95. The minimum atomic E-state index is -0.263. The third-order valence-corrected chi connectivity index (χ3v) is 2.77. The standard InChI is InChI=1S/C19H28O2/c1-3-4-5-6-7-8-9-10-11-12-13-14-15-16-17-18-21-19(2)20/h9-10,14-17H,3-8,11,18H2,1-2H3/b10-9-,15-14+,17-16+. The van der Waals surface area contributed by atoms with Crippen molar-refractivity contribution in [2.45, 2.75) is 58.8 Å². The van der Waals surface area contributed by atoms with Gasteiger partial charge in [-0.25, -0.2) is 0 Å². The lowest BCUT2D eigenvalue weighted by atomic mass is 10.1. The molecule has 0 N–H and O–H groups in total. The van der Waals surface area contributed by atoms with Crippen molar-refractivity contribution in [3.8, 4) is 11.8 Å². The molecular formula is C19H28O2. The zero-order valence-corrected chi connectivity index (χ0v) is 13.4. The van der Waals surface area contributed by atoms with Crippen LogP contribution in [0.4, 0.5) is 0 Å². The molecule has 0 aromatic carbocycles. The lowest BCUT2D eigenvalue weighted by Crippen LogP contribution is -1.96. The molecule has 0 aromatic rings. The van der Waals surface area contributed by atoms with Gasteiger partial charge in [0, 0.05) is 13.3 Å². The van der Waals surface area contributed by atoms with Gasteiger partial charge in [0.1, 0.15) is 6.61 Å². The maximum atomic E-state index is 10.5. The summed E-state index contributed by atoms with van der Waals surface area (Å²) in [4.78, 5) is 10.5. The van der Waals surface area contributed by atoms with E-state index in [1.54, 1.807) is 12.2 Å². The number of ether oxygens (including phenoxy) is 1. The van der Waals surface area contributed by atoms with Crippen LogP contribution in [-0.4, -0.2) is 12.6 Å². The molecular weight excluding hydrogens is 260 g/mol. The molecule has 0 aliphatic heterocycles. The molecule has 2 heteroatoms. The van der Waals surface area contributed by atoms with Crippen LogP contribution in [0.15, 0.2) is 36.5 Å². The van der Waals surface area contributed by atoms with Gasteiger partial charge in [-0.2, -0.15) is 0 Å². The van der Waals surface area contributed by atoms with Crippen molar-refractivity contribution in [2.24, 2.45) is 0 Å². The van der Waals surface area contributed by atoms with Crippen LogP contribution in [0.1, 0.15) is 58.8 Å². The van der Waals surface area contributed by atoms with Crippen LogP contribution < -0.4 is 0 Å². The van der Waals surface area contributed by atoms with Crippen LogP contribution in [0.5, 0.6) is 0 Å². The van der Waals surface area contributed by atoms with Crippen molar-refractivity contribution < 1.29 is 9.53 Å². The van der Waals surface area contributed by atoms with E-state index < -0.39 is 0 Å². The smallest absolute Gasteiger partial charge is 0.302 e. The molecule has 0 aromatic heterocycles. The highest BCUT2D eigenvalue weighted by Gasteiger charge is 1.86. The molecule has 0 saturated heterocycles. The summed E-state index contributed by atoms with van der Waals surface area (Å²) >= 11 is 0. The Morgan fingerprint density at radius 2 is 1.86 bits per heavy atom. The van der Waals surface area contributed by atoms with Crippen LogP contribution in [0.25, 0.3) is 0 Å². The molecule has 0 unspecified atom stereocenters. The summed E-state index contributed by atoms with van der Waals surface area (Å²) in [6, 6.07) is 0. The number of rotatable bonds is 10. The van der Waals surface area contributed by atoms with Gasteiger partial charge < -0.3 is 4.74 Å². The molecule has 0 spiro atoms. The van der Waals surface area contributed by atoms with Crippen LogP contribution >= 0.6 is 0 Å². The van der Waals surface area contributed by atoms with Crippen LogP contribution in [0.2, 0.25) is 0 Å². The molecule has 0 fully saturated rings. The van der Waals surface area contributed by atoms with E-state index in [0.29, 0.717) is 6.61 Å². The SMILES string of the molecule is CCCCCCC/C=C\CC#C/C=C/C=C/COC(C)=O. The number of carbonyl (C=O) groups is 1. The van der Waals surface area contributed by atoms with E-state index in [9.17, 15) is 4.79 Å². The fraction of sp³-hybridized carbons (Fsp3) is 0.526. The predicted molar refractivity (Wildman–Crippen MR) is 89.8 cm³/mol. The van der Waals surface area contributed by atoms with E-state index in [2.05, 4.69) is 30.9 Å². The Labute approximate surface area is 130 Å². The van der Waals surface area contributed by atoms with Gasteiger partial charge in [-0.15, -0.1) is 0 Å². The number of allylic oxidation sites excluding steroid dienone is 5. The van der Waals surface area contributed by atoms with Crippen molar-refractivity contribution >= 4 is 5.97 Å². The number of hydrogen-bond acceptors (Lipinski definition) is 2. The molecule has 2 nitrogen and oxygen atoms in total. The third-order valence-electron chi connectivity index (χ3n) is 2.77. The summed E-state index contributed by atoms with van der Waals surface area (Å²) < 4.78 is 4.75. The van der Waals surface area contributed by atoms with Crippen LogP contribution in [0.3, 0.4) is 0 Å². The molecule has 21 heavy (non-hydrogen) atoms. The number of esters is 1. The number of unbranched alkanes of at least 4 members (excludes halogenated alkanes) is 5. The summed E-state index contributed by atoms with van der Waals surface area (Å²) in [5.74, 6) is 5.76. The fourth-order valence-corrected chi connectivity index (χ4v) is 1.65. The zero-order valence-electron chi connectivity index (χ0n) is 13.4. The Bertz CT molecular complexity index is 392. The molecule has 0 radical (unpaired) electrons. The Morgan fingerprint density at radius 1 is 1.05 bits per heavy atom. The minimum absolute atomic E-state index is 0.263. The maximum absolute atomic E-state index is 10.5. The average Bonchev–Trinajstić information content (AvgIpc) is 2.46. The first-order valence-electron chi connectivity index (χ1n) is 7.85. The highest BCUT2D eigenvalue weighted by Crippen LogP contribution is 2.05.